The van der Waals surface area contributed by atoms with Crippen LogP contribution in [-0.4, -0.2) is 39.4 Å². The number of hydrogen-bond acceptors (Lipinski definition) is 5. The highest BCUT2D eigenvalue weighted by Crippen LogP contribution is 2.41. The number of nitrogens with one attached hydrogen (secondary N) is 1. The van der Waals surface area contributed by atoms with Crippen molar-refractivity contribution < 1.29 is 18.7 Å². The van der Waals surface area contributed by atoms with Crippen molar-refractivity contribution in [2.45, 2.75) is 52.7 Å². The van der Waals surface area contributed by atoms with Crippen LogP contribution in [0.2, 0.25) is 0 Å². The van der Waals surface area contributed by atoms with Gasteiger partial charge in [0.15, 0.2) is 0 Å². The molecule has 28 heavy (non-hydrogen) atoms. The van der Waals surface area contributed by atoms with Gasteiger partial charge in [0.2, 0.25) is 0 Å². The van der Waals surface area contributed by atoms with Crippen LogP contribution in [0, 0.1) is 5.92 Å². The molecule has 1 rings (SSSR count). The van der Waals surface area contributed by atoms with E-state index in [9.17, 15) is 19.0 Å². The zero-order chi connectivity index (χ0) is 21.4. The molecule has 0 spiro atoms. The van der Waals surface area contributed by atoms with E-state index in [4.69, 9.17) is 9.26 Å². The van der Waals surface area contributed by atoms with E-state index in [1.54, 1.807) is 6.08 Å². The first kappa shape index (κ1) is 25.0. The Morgan fingerprint density at radius 1 is 1.32 bits per heavy atom. The summed E-state index contributed by atoms with van der Waals surface area (Å²) in [6, 6.07) is 0. The predicted octanol–water partition coefficient (Wildman–Crippen LogP) is 3.29. The van der Waals surface area contributed by atoms with E-state index < -0.39 is 18.8 Å². The minimum absolute atomic E-state index is 0.131. The molecule has 0 bridgehead atoms. The summed E-state index contributed by atoms with van der Waals surface area (Å²) >= 11 is 3.04. The molecule has 0 saturated heterocycles. The third-order valence-corrected chi connectivity index (χ3v) is 5.57. The highest BCUT2D eigenvalue weighted by Gasteiger charge is 2.20. The van der Waals surface area contributed by atoms with Crippen molar-refractivity contribution in [2.75, 3.05) is 19.4 Å². The van der Waals surface area contributed by atoms with Crippen LogP contribution in [0.5, 0.6) is 0 Å². The lowest BCUT2D eigenvalue weighted by Crippen LogP contribution is -2.29. The number of allylic oxidation sites excluding steroid dienone is 2. The molecule has 1 atom stereocenters. The van der Waals surface area contributed by atoms with Crippen LogP contribution < -0.4 is 11.2 Å². The molecule has 0 radical (unpaired) electrons. The topological polar surface area (TPSA) is 111 Å². The number of halogens is 1. The van der Waals surface area contributed by atoms with Crippen molar-refractivity contribution in [3.63, 3.8) is 0 Å². The maximum Gasteiger partial charge on any atom is 0.331 e. The molecule has 1 aromatic heterocycles. The molecule has 0 fully saturated rings. The third kappa shape index (κ3) is 9.98. The molecular weight excluding hydrogens is 451 g/mol. The fourth-order valence-corrected chi connectivity index (χ4v) is 4.01. The zero-order valence-electron chi connectivity index (χ0n) is 16.8. The Balaban J connectivity index is 2.35. The van der Waals surface area contributed by atoms with Gasteiger partial charge in [0.25, 0.3) is 5.56 Å². The molecule has 1 unspecified atom stereocenters. The van der Waals surface area contributed by atoms with Gasteiger partial charge in [-0.2, -0.15) is 0 Å². The standard InChI is InChI=1S/C18H30BrN2O6P/c1-14(2)12-18(3,4)26-9-7-10-27-28(24,25)11-6-5-8-21-13-15(19)16(22)20-17(21)23/h5-6,13-14H,7-12H2,1-4H3,(H,24,25)(H,20,22,23)/b6-5+. The third-order valence-electron chi connectivity index (χ3n) is 3.75. The van der Waals surface area contributed by atoms with E-state index in [1.807, 2.05) is 13.8 Å². The van der Waals surface area contributed by atoms with Gasteiger partial charge in [-0.15, -0.1) is 0 Å². The van der Waals surface area contributed by atoms with Gasteiger partial charge in [0.1, 0.15) is 0 Å². The maximum atomic E-state index is 12.0. The van der Waals surface area contributed by atoms with Gasteiger partial charge in [-0.3, -0.25) is 18.9 Å². The van der Waals surface area contributed by atoms with Gasteiger partial charge in [-0.25, -0.2) is 4.79 Å². The summed E-state index contributed by atoms with van der Waals surface area (Å²) in [5.41, 5.74) is -1.29. The Hall–Kier alpha value is -0.990. The van der Waals surface area contributed by atoms with E-state index in [2.05, 4.69) is 34.8 Å². The molecule has 1 aromatic rings. The van der Waals surface area contributed by atoms with Crippen LogP contribution in [0.4, 0.5) is 0 Å². The number of aromatic nitrogens is 2. The first-order chi connectivity index (χ1) is 12.9. The Bertz CT molecular complexity index is 815. The lowest BCUT2D eigenvalue weighted by atomic mass is 9.96. The van der Waals surface area contributed by atoms with Crippen molar-refractivity contribution in [3.05, 3.63) is 43.7 Å². The number of hydrogen-bond donors (Lipinski definition) is 2. The highest BCUT2D eigenvalue weighted by molar-refractivity contribution is 9.10. The molecule has 0 aliphatic heterocycles. The largest absolute Gasteiger partial charge is 0.375 e. The molecule has 0 saturated carbocycles. The Kier molecular flexibility index (Phi) is 10.1. The lowest BCUT2D eigenvalue weighted by molar-refractivity contribution is -0.0351. The normalized spacial score (nSPS) is 14.7. The molecule has 1 heterocycles. The first-order valence-corrected chi connectivity index (χ1v) is 11.7. The van der Waals surface area contributed by atoms with Crippen LogP contribution in [0.3, 0.4) is 0 Å². The lowest BCUT2D eigenvalue weighted by Gasteiger charge is -2.27. The summed E-state index contributed by atoms with van der Waals surface area (Å²) in [5.74, 6) is 0.531. The summed E-state index contributed by atoms with van der Waals surface area (Å²) in [4.78, 5) is 34.9. The number of H-pyrrole nitrogens is 1. The van der Waals surface area contributed by atoms with Crippen molar-refractivity contribution in [2.24, 2.45) is 5.92 Å². The second kappa shape index (κ2) is 11.3. The Labute approximate surface area is 173 Å². The quantitative estimate of drug-likeness (QED) is 0.269. The van der Waals surface area contributed by atoms with Gasteiger partial charge in [-0.05, 0) is 48.5 Å². The second-order valence-corrected chi connectivity index (χ2v) is 10.3. The number of aromatic amines is 1. The molecule has 8 nitrogen and oxygen atoms in total. The van der Waals surface area contributed by atoms with Crippen molar-refractivity contribution in [1.82, 2.24) is 9.55 Å². The van der Waals surface area contributed by atoms with Crippen molar-refractivity contribution in [1.29, 1.82) is 0 Å². The van der Waals surface area contributed by atoms with Gasteiger partial charge < -0.3 is 14.2 Å². The Morgan fingerprint density at radius 2 is 2.00 bits per heavy atom. The monoisotopic (exact) mass is 480 g/mol. The van der Waals surface area contributed by atoms with Crippen LogP contribution in [0.1, 0.15) is 40.5 Å². The van der Waals surface area contributed by atoms with E-state index in [0.717, 1.165) is 6.42 Å². The van der Waals surface area contributed by atoms with Crippen LogP contribution in [-0.2, 0) is 20.4 Å². The molecule has 10 heteroatoms. The van der Waals surface area contributed by atoms with E-state index in [1.165, 1.54) is 16.8 Å². The van der Waals surface area contributed by atoms with Crippen LogP contribution in [0.15, 0.2) is 32.4 Å². The summed E-state index contributed by atoms with van der Waals surface area (Å²) in [6.07, 6.45) is 5.71. The van der Waals surface area contributed by atoms with Crippen molar-refractivity contribution >= 4 is 23.5 Å². The minimum Gasteiger partial charge on any atom is -0.375 e. The summed E-state index contributed by atoms with van der Waals surface area (Å²) in [6.45, 7) is 9.08. The van der Waals surface area contributed by atoms with E-state index in [0.29, 0.717) is 18.9 Å². The Morgan fingerprint density at radius 3 is 2.64 bits per heavy atom. The van der Waals surface area contributed by atoms with Crippen molar-refractivity contribution in [3.8, 4) is 0 Å². The molecule has 0 amide bonds. The summed E-state index contributed by atoms with van der Waals surface area (Å²) < 4.78 is 24.4. The molecule has 0 aliphatic rings. The minimum atomic E-state index is -3.74. The predicted molar refractivity (Wildman–Crippen MR) is 113 cm³/mol. The zero-order valence-corrected chi connectivity index (χ0v) is 19.3. The molecule has 0 aliphatic carbocycles. The molecule has 160 valence electrons. The second-order valence-electron chi connectivity index (χ2n) is 7.57. The van der Waals surface area contributed by atoms with Gasteiger partial charge in [-0.1, -0.05) is 26.0 Å². The molecular formula is C18H30BrN2O6P. The maximum absolute atomic E-state index is 12.0. The average Bonchev–Trinajstić information content (AvgIpc) is 2.54. The number of nitrogens with zero attached hydrogens (tertiary/aromatic N) is 1. The van der Waals surface area contributed by atoms with Crippen LogP contribution >= 0.6 is 23.5 Å². The fraction of sp³-hybridized carbons (Fsp3) is 0.667. The molecule has 0 aromatic carbocycles. The van der Waals surface area contributed by atoms with Gasteiger partial charge >= 0.3 is 13.3 Å². The number of ether oxygens (including phenoxy) is 1. The smallest absolute Gasteiger partial charge is 0.331 e. The summed E-state index contributed by atoms with van der Waals surface area (Å²) in [5, 5.41) is 0. The highest BCUT2D eigenvalue weighted by atomic mass is 79.9. The number of rotatable bonds is 12. The summed E-state index contributed by atoms with van der Waals surface area (Å²) in [7, 11) is -3.74. The van der Waals surface area contributed by atoms with Gasteiger partial charge in [0.05, 0.1) is 22.8 Å². The fourth-order valence-electron chi connectivity index (χ4n) is 2.72. The van der Waals surface area contributed by atoms with Gasteiger partial charge in [0, 0.05) is 19.3 Å². The van der Waals surface area contributed by atoms with Crippen LogP contribution in [0.25, 0.3) is 0 Å². The molecule has 2 N–H and O–H groups in total. The van der Waals surface area contributed by atoms with E-state index >= 15 is 0 Å². The first-order valence-electron chi connectivity index (χ1n) is 9.16. The SMILES string of the molecule is CC(C)CC(C)(C)OCCCOP(=O)(O)C/C=C/Cn1cc(Br)c(=O)[nH]c1=O. The van der Waals surface area contributed by atoms with E-state index in [-0.39, 0.29) is 29.4 Å². The average molecular weight is 481 g/mol.